The molecule has 0 fully saturated rings. The van der Waals surface area contributed by atoms with Gasteiger partial charge in [0.2, 0.25) is 0 Å². The lowest BCUT2D eigenvalue weighted by Gasteiger charge is -2.21. The average molecular weight is 284 g/mol. The van der Waals surface area contributed by atoms with E-state index in [2.05, 4.69) is 42.7 Å². The summed E-state index contributed by atoms with van der Waals surface area (Å²) in [7, 11) is 0. The molecule has 1 unspecified atom stereocenters. The molecule has 2 aromatic rings. The summed E-state index contributed by atoms with van der Waals surface area (Å²) >= 11 is 0. The van der Waals surface area contributed by atoms with Crippen LogP contribution in [-0.4, -0.2) is 6.10 Å². The van der Waals surface area contributed by atoms with Gasteiger partial charge >= 0.3 is 0 Å². The number of nitrogens with two attached hydrogens (primary N) is 1. The van der Waals surface area contributed by atoms with E-state index in [1.165, 1.54) is 11.1 Å². The van der Waals surface area contributed by atoms with Crippen LogP contribution in [0.3, 0.4) is 0 Å². The van der Waals surface area contributed by atoms with Crippen LogP contribution < -0.4 is 16.0 Å². The van der Waals surface area contributed by atoms with E-state index in [-0.39, 0.29) is 12.1 Å². The Morgan fingerprint density at radius 3 is 2.52 bits per heavy atom. The highest BCUT2D eigenvalue weighted by molar-refractivity contribution is 5.37. The molecule has 21 heavy (non-hydrogen) atoms. The predicted molar refractivity (Wildman–Crippen MR) is 87.2 cm³/mol. The van der Waals surface area contributed by atoms with E-state index >= 15 is 0 Å². The molecule has 0 amide bonds. The Morgan fingerprint density at radius 2 is 1.86 bits per heavy atom. The third-order valence-corrected chi connectivity index (χ3v) is 3.38. The third-order valence-electron chi connectivity index (χ3n) is 3.38. The highest BCUT2D eigenvalue weighted by Crippen LogP contribution is 2.28. The van der Waals surface area contributed by atoms with Gasteiger partial charge in [-0.1, -0.05) is 48.0 Å². The molecular formula is C18H24N2O. The number of para-hydroxylation sites is 1. The average Bonchev–Trinajstić information content (AvgIpc) is 2.45. The van der Waals surface area contributed by atoms with Gasteiger partial charge in [-0.05, 0) is 38.8 Å². The second kappa shape index (κ2) is 7.25. The van der Waals surface area contributed by atoms with Gasteiger partial charge < -0.3 is 4.74 Å². The molecule has 3 N–H and O–H groups in total. The van der Waals surface area contributed by atoms with Gasteiger partial charge in [0.15, 0.2) is 0 Å². The zero-order valence-corrected chi connectivity index (χ0v) is 13.0. The fraction of sp³-hybridized carbons (Fsp3) is 0.333. The second-order valence-corrected chi connectivity index (χ2v) is 5.62. The lowest BCUT2D eigenvalue weighted by atomic mass is 9.97. The topological polar surface area (TPSA) is 47.3 Å². The van der Waals surface area contributed by atoms with Crippen LogP contribution in [0.1, 0.15) is 36.6 Å². The monoisotopic (exact) mass is 284 g/mol. The number of benzene rings is 2. The van der Waals surface area contributed by atoms with Crippen molar-refractivity contribution in [1.82, 2.24) is 5.43 Å². The number of rotatable bonds is 6. The molecule has 0 radical (unpaired) electrons. The van der Waals surface area contributed by atoms with Gasteiger partial charge in [0.1, 0.15) is 5.75 Å². The van der Waals surface area contributed by atoms with Crippen molar-refractivity contribution in [3.05, 3.63) is 65.2 Å². The van der Waals surface area contributed by atoms with E-state index in [1.807, 2.05) is 32.0 Å². The van der Waals surface area contributed by atoms with Crippen molar-refractivity contribution >= 4 is 0 Å². The number of nitrogens with one attached hydrogen (secondary N) is 1. The summed E-state index contributed by atoms with van der Waals surface area (Å²) < 4.78 is 5.89. The quantitative estimate of drug-likeness (QED) is 0.630. The zero-order valence-electron chi connectivity index (χ0n) is 13.0. The first-order valence-electron chi connectivity index (χ1n) is 7.37. The van der Waals surface area contributed by atoms with Crippen LogP contribution in [0.2, 0.25) is 0 Å². The van der Waals surface area contributed by atoms with E-state index in [0.29, 0.717) is 0 Å². The summed E-state index contributed by atoms with van der Waals surface area (Å²) in [5.74, 6) is 6.68. The van der Waals surface area contributed by atoms with Crippen LogP contribution in [0, 0.1) is 6.92 Å². The molecule has 0 aliphatic carbocycles. The maximum Gasteiger partial charge on any atom is 0.124 e. The number of hydrogen-bond donors (Lipinski definition) is 2. The van der Waals surface area contributed by atoms with Gasteiger partial charge in [-0.25, -0.2) is 0 Å². The third kappa shape index (κ3) is 4.31. The number of ether oxygens (including phenoxy) is 1. The molecule has 2 rings (SSSR count). The highest BCUT2D eigenvalue weighted by atomic mass is 16.5. The van der Waals surface area contributed by atoms with Crippen molar-refractivity contribution in [2.75, 3.05) is 0 Å². The number of aryl methyl sites for hydroxylation is 1. The van der Waals surface area contributed by atoms with Gasteiger partial charge in [-0.15, -0.1) is 0 Å². The van der Waals surface area contributed by atoms with Crippen LogP contribution in [0.15, 0.2) is 48.5 Å². The van der Waals surface area contributed by atoms with E-state index in [1.54, 1.807) is 0 Å². The molecule has 3 heteroatoms. The van der Waals surface area contributed by atoms with Gasteiger partial charge in [-0.3, -0.25) is 11.3 Å². The lowest BCUT2D eigenvalue weighted by molar-refractivity contribution is 0.237. The molecular weight excluding hydrogens is 260 g/mol. The summed E-state index contributed by atoms with van der Waals surface area (Å²) in [5, 5.41) is 0. The fourth-order valence-electron chi connectivity index (χ4n) is 2.46. The summed E-state index contributed by atoms with van der Waals surface area (Å²) in [6.07, 6.45) is 0.972. The Balaban J connectivity index is 2.25. The van der Waals surface area contributed by atoms with Crippen molar-refractivity contribution in [2.45, 2.75) is 39.3 Å². The lowest BCUT2D eigenvalue weighted by Crippen LogP contribution is -2.30. The summed E-state index contributed by atoms with van der Waals surface area (Å²) in [4.78, 5) is 0. The second-order valence-electron chi connectivity index (χ2n) is 5.62. The first-order valence-corrected chi connectivity index (χ1v) is 7.37. The van der Waals surface area contributed by atoms with Crippen LogP contribution >= 0.6 is 0 Å². The molecule has 0 aliphatic heterocycles. The number of hydrogen-bond acceptors (Lipinski definition) is 3. The van der Waals surface area contributed by atoms with Gasteiger partial charge in [0, 0.05) is 5.56 Å². The van der Waals surface area contributed by atoms with E-state index in [0.717, 1.165) is 17.7 Å². The van der Waals surface area contributed by atoms with E-state index in [9.17, 15) is 0 Å². The Hall–Kier alpha value is -1.84. The minimum atomic E-state index is 0.0294. The van der Waals surface area contributed by atoms with Crippen molar-refractivity contribution in [2.24, 2.45) is 5.84 Å². The van der Waals surface area contributed by atoms with Crippen molar-refractivity contribution < 1.29 is 4.74 Å². The molecule has 0 aromatic heterocycles. The van der Waals surface area contributed by atoms with Crippen molar-refractivity contribution in [3.63, 3.8) is 0 Å². The summed E-state index contributed by atoms with van der Waals surface area (Å²) in [5.41, 5.74) is 6.53. The maximum absolute atomic E-state index is 5.89. The van der Waals surface area contributed by atoms with Crippen LogP contribution in [0.4, 0.5) is 0 Å². The van der Waals surface area contributed by atoms with Crippen LogP contribution in [-0.2, 0) is 6.42 Å². The Bertz CT molecular complexity index is 581. The summed E-state index contributed by atoms with van der Waals surface area (Å²) in [6.45, 7) is 6.16. The SMILES string of the molecule is Cc1cccc(CC(NN)c2ccccc2OC(C)C)c1. The Kier molecular flexibility index (Phi) is 5.37. The summed E-state index contributed by atoms with van der Waals surface area (Å²) in [6, 6.07) is 16.6. The molecule has 1 atom stereocenters. The highest BCUT2D eigenvalue weighted by Gasteiger charge is 2.16. The normalized spacial score (nSPS) is 12.4. The van der Waals surface area contributed by atoms with Crippen LogP contribution in [0.5, 0.6) is 5.75 Å². The maximum atomic E-state index is 5.89. The van der Waals surface area contributed by atoms with E-state index < -0.39 is 0 Å². The Labute approximate surface area is 127 Å². The number of hydrazine groups is 1. The first-order chi connectivity index (χ1) is 10.1. The molecule has 0 saturated heterocycles. The van der Waals surface area contributed by atoms with Crippen molar-refractivity contribution in [3.8, 4) is 5.75 Å². The first kappa shape index (κ1) is 15.5. The smallest absolute Gasteiger partial charge is 0.124 e. The molecule has 0 bridgehead atoms. The predicted octanol–water partition coefficient (Wildman–Crippen LogP) is 3.53. The van der Waals surface area contributed by atoms with Crippen LogP contribution in [0.25, 0.3) is 0 Å². The van der Waals surface area contributed by atoms with Gasteiger partial charge in [-0.2, -0.15) is 0 Å². The standard InChI is InChI=1S/C18H24N2O/c1-13(2)21-18-10-5-4-9-16(18)17(20-19)12-15-8-6-7-14(3)11-15/h4-11,13,17,20H,12,19H2,1-3H3. The molecule has 0 heterocycles. The molecule has 0 saturated carbocycles. The molecule has 0 spiro atoms. The Morgan fingerprint density at radius 1 is 1.10 bits per heavy atom. The van der Waals surface area contributed by atoms with Crippen molar-refractivity contribution in [1.29, 1.82) is 0 Å². The van der Waals surface area contributed by atoms with Gasteiger partial charge in [0.25, 0.3) is 0 Å². The zero-order chi connectivity index (χ0) is 15.2. The minimum Gasteiger partial charge on any atom is -0.491 e. The van der Waals surface area contributed by atoms with E-state index in [4.69, 9.17) is 10.6 Å². The largest absolute Gasteiger partial charge is 0.491 e. The minimum absolute atomic E-state index is 0.0294. The molecule has 3 nitrogen and oxygen atoms in total. The molecule has 112 valence electrons. The molecule has 2 aromatic carbocycles. The fourth-order valence-corrected chi connectivity index (χ4v) is 2.46. The molecule has 0 aliphatic rings. The van der Waals surface area contributed by atoms with Gasteiger partial charge in [0.05, 0.1) is 12.1 Å².